The minimum Gasteiger partial charge on any atom is -0.484 e. The van der Waals surface area contributed by atoms with Crippen LogP contribution in [-0.4, -0.2) is 39.1 Å². The number of hydrogen-bond acceptors (Lipinski definition) is 5. The smallest absolute Gasteiger partial charge is 0.170 e. The molecule has 6 nitrogen and oxygen atoms in total. The predicted molar refractivity (Wildman–Crippen MR) is 93.3 cm³/mol. The summed E-state index contributed by atoms with van der Waals surface area (Å²) in [6.45, 7) is 3.48. The van der Waals surface area contributed by atoms with Gasteiger partial charge in [0, 0.05) is 30.8 Å². The van der Waals surface area contributed by atoms with E-state index < -0.39 is 5.60 Å². The maximum atomic E-state index is 12.6. The molecule has 0 aliphatic carbocycles. The second-order valence-corrected chi connectivity index (χ2v) is 6.91. The van der Waals surface area contributed by atoms with Crippen LogP contribution in [-0.2, 0) is 0 Å². The summed E-state index contributed by atoms with van der Waals surface area (Å²) >= 11 is 0. The first-order chi connectivity index (χ1) is 12.1. The molecular weight excluding hydrogens is 316 g/mol. The van der Waals surface area contributed by atoms with Gasteiger partial charge in [-0.1, -0.05) is 12.1 Å². The van der Waals surface area contributed by atoms with Gasteiger partial charge in [-0.25, -0.2) is 4.98 Å². The van der Waals surface area contributed by atoms with E-state index in [0.29, 0.717) is 24.3 Å². The van der Waals surface area contributed by atoms with Crippen molar-refractivity contribution in [2.45, 2.75) is 25.4 Å². The Balaban J connectivity index is 1.51. The molecule has 0 unspecified atom stereocenters. The van der Waals surface area contributed by atoms with Gasteiger partial charge >= 0.3 is 0 Å². The number of ether oxygens (including phenoxy) is 1. The van der Waals surface area contributed by atoms with Crippen molar-refractivity contribution in [1.82, 2.24) is 14.6 Å². The molecule has 1 atom stereocenters. The number of para-hydroxylation sites is 1. The zero-order chi connectivity index (χ0) is 17.0. The fraction of sp³-hybridized carbons (Fsp3) is 0.316. The molecule has 4 heterocycles. The number of carbonyl (C=O) groups excluding carboxylic acids is 1. The second-order valence-electron chi connectivity index (χ2n) is 6.91. The van der Waals surface area contributed by atoms with Crippen LogP contribution < -0.4 is 9.64 Å². The van der Waals surface area contributed by atoms with Gasteiger partial charge in [0.15, 0.2) is 11.4 Å². The van der Waals surface area contributed by atoms with Gasteiger partial charge in [0.2, 0.25) is 0 Å². The molecule has 1 saturated heterocycles. The lowest BCUT2D eigenvalue weighted by Gasteiger charge is -2.34. The van der Waals surface area contributed by atoms with Crippen LogP contribution in [0.4, 0.5) is 5.82 Å². The molecule has 1 spiro atoms. The topological polar surface area (TPSA) is 59.7 Å². The van der Waals surface area contributed by atoms with E-state index in [4.69, 9.17) is 4.74 Å². The summed E-state index contributed by atoms with van der Waals surface area (Å²) in [5.41, 5.74) is 2.03. The van der Waals surface area contributed by atoms with Crippen molar-refractivity contribution in [1.29, 1.82) is 0 Å². The highest BCUT2D eigenvalue weighted by Gasteiger charge is 2.46. The third kappa shape index (κ3) is 2.21. The Morgan fingerprint density at radius 2 is 2.12 bits per heavy atom. The van der Waals surface area contributed by atoms with Gasteiger partial charge < -0.3 is 9.64 Å². The Morgan fingerprint density at radius 1 is 1.24 bits per heavy atom. The van der Waals surface area contributed by atoms with E-state index in [1.165, 1.54) is 0 Å². The van der Waals surface area contributed by atoms with Crippen LogP contribution in [0.15, 0.2) is 42.6 Å². The van der Waals surface area contributed by atoms with Crippen molar-refractivity contribution in [2.75, 3.05) is 18.0 Å². The third-order valence-electron chi connectivity index (χ3n) is 5.11. The molecule has 25 heavy (non-hydrogen) atoms. The molecule has 1 aromatic carbocycles. The Labute approximate surface area is 145 Å². The van der Waals surface area contributed by atoms with Gasteiger partial charge in [0.25, 0.3) is 0 Å². The van der Waals surface area contributed by atoms with Crippen molar-refractivity contribution < 1.29 is 9.53 Å². The average Bonchev–Trinajstić information content (AvgIpc) is 3.21. The molecule has 0 saturated carbocycles. The first kappa shape index (κ1) is 14.5. The summed E-state index contributed by atoms with van der Waals surface area (Å²) in [5.74, 6) is 1.87. The van der Waals surface area contributed by atoms with Gasteiger partial charge in [-0.3, -0.25) is 4.79 Å². The largest absolute Gasteiger partial charge is 0.484 e. The molecule has 5 rings (SSSR count). The number of ketones is 1. The summed E-state index contributed by atoms with van der Waals surface area (Å²) in [5, 5.41) is 4.39. The number of rotatable bonds is 1. The van der Waals surface area contributed by atoms with Crippen molar-refractivity contribution >= 4 is 17.2 Å². The first-order valence-corrected chi connectivity index (χ1v) is 8.51. The molecule has 2 aliphatic rings. The SMILES string of the molecule is Cc1cc(N2CC[C@]3(CC(=O)c4ccccc4O3)C2)n2nccc2n1. The molecular formula is C19H18N4O2. The van der Waals surface area contributed by atoms with E-state index in [-0.39, 0.29) is 5.78 Å². The number of aromatic nitrogens is 3. The fourth-order valence-electron chi connectivity index (χ4n) is 3.95. The van der Waals surface area contributed by atoms with Crippen molar-refractivity contribution in [3.05, 3.63) is 53.9 Å². The highest BCUT2D eigenvalue weighted by molar-refractivity contribution is 6.00. The van der Waals surface area contributed by atoms with Gasteiger partial charge in [-0.05, 0) is 19.1 Å². The molecule has 1 fully saturated rings. The van der Waals surface area contributed by atoms with Gasteiger partial charge in [-0.2, -0.15) is 9.61 Å². The number of anilines is 1. The summed E-state index contributed by atoms with van der Waals surface area (Å²) in [7, 11) is 0. The maximum Gasteiger partial charge on any atom is 0.170 e. The zero-order valence-corrected chi connectivity index (χ0v) is 14.0. The lowest BCUT2D eigenvalue weighted by atomic mass is 9.89. The molecule has 2 aromatic heterocycles. The number of aryl methyl sites for hydroxylation is 1. The number of fused-ring (bicyclic) bond motifs is 2. The summed E-state index contributed by atoms with van der Waals surface area (Å²) < 4.78 is 8.17. The van der Waals surface area contributed by atoms with E-state index in [2.05, 4.69) is 15.0 Å². The van der Waals surface area contributed by atoms with Crippen LogP contribution in [0.3, 0.4) is 0 Å². The molecule has 0 amide bonds. The highest BCUT2D eigenvalue weighted by Crippen LogP contribution is 2.39. The molecule has 0 radical (unpaired) electrons. The van der Waals surface area contributed by atoms with Crippen LogP contribution >= 0.6 is 0 Å². The molecule has 126 valence electrons. The Kier molecular flexibility index (Phi) is 2.92. The quantitative estimate of drug-likeness (QED) is 0.685. The molecule has 0 bridgehead atoms. The first-order valence-electron chi connectivity index (χ1n) is 8.51. The van der Waals surface area contributed by atoms with Crippen LogP contribution in [0.2, 0.25) is 0 Å². The molecule has 3 aromatic rings. The molecule has 0 N–H and O–H groups in total. The lowest BCUT2D eigenvalue weighted by molar-refractivity contribution is 0.0538. The van der Waals surface area contributed by atoms with Crippen molar-refractivity contribution in [2.24, 2.45) is 0 Å². The average molecular weight is 334 g/mol. The van der Waals surface area contributed by atoms with Crippen LogP contribution in [0.25, 0.3) is 5.65 Å². The third-order valence-corrected chi connectivity index (χ3v) is 5.11. The van der Waals surface area contributed by atoms with E-state index in [1.54, 1.807) is 6.20 Å². The Hall–Kier alpha value is -2.89. The predicted octanol–water partition coefficient (Wildman–Crippen LogP) is 2.65. The van der Waals surface area contributed by atoms with E-state index in [9.17, 15) is 4.79 Å². The van der Waals surface area contributed by atoms with E-state index >= 15 is 0 Å². The lowest BCUT2D eigenvalue weighted by Crippen LogP contribution is -2.44. The van der Waals surface area contributed by atoms with Gasteiger partial charge in [-0.15, -0.1) is 0 Å². The van der Waals surface area contributed by atoms with E-state index in [0.717, 1.165) is 30.1 Å². The normalized spacial score (nSPS) is 22.4. The number of benzene rings is 1. The van der Waals surface area contributed by atoms with Crippen LogP contribution in [0.1, 0.15) is 28.9 Å². The van der Waals surface area contributed by atoms with Crippen molar-refractivity contribution in [3.63, 3.8) is 0 Å². The van der Waals surface area contributed by atoms with E-state index in [1.807, 2.05) is 47.8 Å². The fourth-order valence-corrected chi connectivity index (χ4v) is 3.95. The summed E-state index contributed by atoms with van der Waals surface area (Å²) in [6, 6.07) is 11.5. The van der Waals surface area contributed by atoms with Gasteiger partial charge in [0.05, 0.1) is 24.7 Å². The van der Waals surface area contributed by atoms with Crippen LogP contribution in [0, 0.1) is 6.92 Å². The molecule has 2 aliphatic heterocycles. The zero-order valence-electron chi connectivity index (χ0n) is 14.0. The van der Waals surface area contributed by atoms with Crippen LogP contribution in [0.5, 0.6) is 5.75 Å². The standard InChI is InChI=1S/C19H18N4O2/c1-13-10-18(23-17(21-13)6-8-20-23)22-9-7-19(12-22)11-15(24)14-4-2-3-5-16(14)25-19/h2-6,8,10H,7,9,11-12H2,1H3/t19-/m0/s1. The number of nitrogens with zero attached hydrogens (tertiary/aromatic N) is 4. The maximum absolute atomic E-state index is 12.6. The monoisotopic (exact) mass is 334 g/mol. The Morgan fingerprint density at radius 3 is 3.04 bits per heavy atom. The van der Waals surface area contributed by atoms with Crippen molar-refractivity contribution in [3.8, 4) is 5.75 Å². The minimum absolute atomic E-state index is 0.166. The summed E-state index contributed by atoms with van der Waals surface area (Å²) in [6.07, 6.45) is 3.00. The number of carbonyl (C=O) groups is 1. The minimum atomic E-state index is -0.456. The number of Topliss-reactive ketones (excluding diaryl/α,β-unsaturated/α-hetero) is 1. The Bertz CT molecular complexity index is 996. The van der Waals surface area contributed by atoms with Gasteiger partial charge in [0.1, 0.15) is 17.2 Å². The highest BCUT2D eigenvalue weighted by atomic mass is 16.5. The summed E-state index contributed by atoms with van der Waals surface area (Å²) in [4.78, 5) is 19.3. The number of hydrogen-bond donors (Lipinski definition) is 0. The molecule has 6 heteroatoms. The second kappa shape index (κ2) is 5.05.